The highest BCUT2D eigenvalue weighted by molar-refractivity contribution is 7.92. The Bertz CT molecular complexity index is 1900. The number of nitrogens with zero attached hydrogens (tertiary/aromatic N) is 2. The highest BCUT2D eigenvalue weighted by atomic mass is 32.2. The van der Waals surface area contributed by atoms with Gasteiger partial charge in [0.05, 0.1) is 11.9 Å². The molecule has 0 saturated carbocycles. The lowest BCUT2D eigenvalue weighted by Gasteiger charge is -2.12. The minimum absolute atomic E-state index is 0.131. The van der Waals surface area contributed by atoms with Gasteiger partial charge in [-0.05, 0) is 71.8 Å². The molecule has 194 valence electrons. The topological polar surface area (TPSA) is 128 Å². The number of anilines is 2. The van der Waals surface area contributed by atoms with Crippen molar-refractivity contribution in [2.45, 2.75) is 0 Å². The molecule has 0 aliphatic carbocycles. The molecule has 39 heavy (non-hydrogen) atoms. The summed E-state index contributed by atoms with van der Waals surface area (Å²) in [6, 6.07) is 19.7. The highest BCUT2D eigenvalue weighted by Crippen LogP contribution is 2.32. The van der Waals surface area contributed by atoms with Crippen molar-refractivity contribution in [3.63, 3.8) is 0 Å². The Kier molecular flexibility index (Phi) is 6.55. The smallest absolute Gasteiger partial charge is 0.272 e. The van der Waals surface area contributed by atoms with E-state index in [0.717, 1.165) is 18.4 Å². The van der Waals surface area contributed by atoms with Crippen LogP contribution in [0.15, 0.2) is 79.0 Å². The lowest BCUT2D eigenvalue weighted by atomic mass is 9.98. The molecule has 0 spiro atoms. The Morgan fingerprint density at radius 1 is 0.923 bits per heavy atom. The van der Waals surface area contributed by atoms with Crippen LogP contribution < -0.4 is 10.0 Å². The number of hydrogen-bond donors (Lipinski definition) is 3. The third-order valence-corrected chi connectivity index (χ3v) is 6.42. The maximum Gasteiger partial charge on any atom is 0.272 e. The SMILES string of the molecule is CS(=O)(=O)Nc1ccc2cc(C(=O)Nc3cc(-c4ccc(C#N)nc4)cc(-c4ccc(F)cc4F)c3)[nH]c2c1. The van der Waals surface area contributed by atoms with Gasteiger partial charge >= 0.3 is 0 Å². The molecule has 3 aromatic carbocycles. The van der Waals surface area contributed by atoms with Crippen molar-refractivity contribution < 1.29 is 22.0 Å². The van der Waals surface area contributed by atoms with Gasteiger partial charge in [0.25, 0.3) is 5.91 Å². The molecule has 0 saturated heterocycles. The van der Waals surface area contributed by atoms with Crippen molar-refractivity contribution in [3.05, 3.63) is 102 Å². The number of sulfonamides is 1. The van der Waals surface area contributed by atoms with Crippen molar-refractivity contribution >= 4 is 38.2 Å². The van der Waals surface area contributed by atoms with E-state index in [-0.39, 0.29) is 17.0 Å². The van der Waals surface area contributed by atoms with Crippen LogP contribution in [0.2, 0.25) is 0 Å². The number of fused-ring (bicyclic) bond motifs is 1. The number of aromatic amines is 1. The normalized spacial score (nSPS) is 11.2. The lowest BCUT2D eigenvalue weighted by molar-refractivity contribution is 0.102. The van der Waals surface area contributed by atoms with Gasteiger partial charge in [-0.25, -0.2) is 22.2 Å². The molecule has 2 heterocycles. The van der Waals surface area contributed by atoms with E-state index >= 15 is 0 Å². The van der Waals surface area contributed by atoms with E-state index in [1.807, 2.05) is 6.07 Å². The van der Waals surface area contributed by atoms with E-state index in [1.54, 1.807) is 48.5 Å². The molecule has 8 nitrogen and oxygen atoms in total. The van der Waals surface area contributed by atoms with Crippen molar-refractivity contribution in [1.29, 1.82) is 5.26 Å². The summed E-state index contributed by atoms with van der Waals surface area (Å²) in [5, 5.41) is 12.5. The van der Waals surface area contributed by atoms with Crippen LogP contribution >= 0.6 is 0 Å². The fraction of sp³-hybridized carbons (Fsp3) is 0.0357. The molecule has 2 aromatic heterocycles. The van der Waals surface area contributed by atoms with Gasteiger partial charge in [-0.2, -0.15) is 5.26 Å². The highest BCUT2D eigenvalue weighted by Gasteiger charge is 2.15. The van der Waals surface area contributed by atoms with Crippen LogP contribution in [0.25, 0.3) is 33.2 Å². The number of hydrogen-bond acceptors (Lipinski definition) is 5. The number of carbonyl (C=O) groups is 1. The minimum Gasteiger partial charge on any atom is -0.350 e. The van der Waals surface area contributed by atoms with E-state index in [1.165, 1.54) is 18.3 Å². The quantitative estimate of drug-likeness (QED) is 0.254. The Labute approximate surface area is 222 Å². The third kappa shape index (κ3) is 5.76. The average Bonchev–Trinajstić information content (AvgIpc) is 3.31. The fourth-order valence-corrected chi connectivity index (χ4v) is 4.66. The molecule has 11 heteroatoms. The second kappa shape index (κ2) is 10.00. The van der Waals surface area contributed by atoms with Crippen LogP contribution in [-0.2, 0) is 10.0 Å². The molecule has 1 amide bonds. The first-order valence-corrected chi connectivity index (χ1v) is 13.4. The minimum atomic E-state index is -3.47. The Morgan fingerprint density at radius 2 is 1.72 bits per heavy atom. The van der Waals surface area contributed by atoms with Gasteiger partial charge in [-0.3, -0.25) is 9.52 Å². The largest absolute Gasteiger partial charge is 0.350 e. The first-order chi connectivity index (χ1) is 18.6. The zero-order valence-electron chi connectivity index (χ0n) is 20.3. The van der Waals surface area contributed by atoms with Crippen LogP contribution in [0, 0.1) is 23.0 Å². The van der Waals surface area contributed by atoms with Crippen LogP contribution in [0.1, 0.15) is 16.2 Å². The van der Waals surface area contributed by atoms with Gasteiger partial charge < -0.3 is 10.3 Å². The summed E-state index contributed by atoms with van der Waals surface area (Å²) in [6.07, 6.45) is 2.53. The van der Waals surface area contributed by atoms with Crippen LogP contribution in [-0.4, -0.2) is 30.5 Å². The van der Waals surface area contributed by atoms with Gasteiger partial charge in [0.1, 0.15) is 29.1 Å². The molecule has 5 aromatic rings. The first-order valence-electron chi connectivity index (χ1n) is 11.5. The lowest BCUT2D eigenvalue weighted by Crippen LogP contribution is -2.12. The molecular weight excluding hydrogens is 524 g/mol. The number of amides is 1. The van der Waals surface area contributed by atoms with E-state index in [0.29, 0.717) is 39.0 Å². The molecule has 0 radical (unpaired) electrons. The molecule has 0 fully saturated rings. The number of nitrogens with one attached hydrogen (secondary N) is 3. The average molecular weight is 544 g/mol. The van der Waals surface area contributed by atoms with Crippen molar-refractivity contribution in [1.82, 2.24) is 9.97 Å². The number of H-pyrrole nitrogens is 1. The number of nitriles is 1. The molecule has 0 atom stereocenters. The van der Waals surface area contributed by atoms with E-state index < -0.39 is 27.6 Å². The Morgan fingerprint density at radius 3 is 2.41 bits per heavy atom. The number of rotatable bonds is 6. The summed E-state index contributed by atoms with van der Waals surface area (Å²) < 4.78 is 53.7. The van der Waals surface area contributed by atoms with Gasteiger partial charge in [0.2, 0.25) is 10.0 Å². The van der Waals surface area contributed by atoms with Crippen molar-refractivity contribution in [2.75, 3.05) is 16.3 Å². The second-order valence-electron chi connectivity index (χ2n) is 8.78. The maximum atomic E-state index is 14.7. The van der Waals surface area contributed by atoms with Crippen molar-refractivity contribution in [2.24, 2.45) is 0 Å². The number of carbonyl (C=O) groups excluding carboxylic acids is 1. The molecule has 5 rings (SSSR count). The molecule has 0 aliphatic heterocycles. The molecule has 3 N–H and O–H groups in total. The second-order valence-corrected chi connectivity index (χ2v) is 10.5. The van der Waals surface area contributed by atoms with Gasteiger partial charge in [0.15, 0.2) is 0 Å². The predicted octanol–water partition coefficient (Wildman–Crippen LogP) is 5.67. The van der Waals surface area contributed by atoms with E-state index in [2.05, 4.69) is 20.0 Å². The summed E-state index contributed by atoms with van der Waals surface area (Å²) in [5.41, 5.74) is 3.36. The number of aromatic nitrogens is 2. The number of halogens is 2. The molecular formula is C28H19F2N5O3S. The third-order valence-electron chi connectivity index (χ3n) is 5.81. The summed E-state index contributed by atoms with van der Waals surface area (Å²) in [6.45, 7) is 0. The van der Waals surface area contributed by atoms with Crippen LogP contribution in [0.5, 0.6) is 0 Å². The molecule has 0 bridgehead atoms. The molecule has 0 aliphatic rings. The zero-order chi connectivity index (χ0) is 27.7. The zero-order valence-corrected chi connectivity index (χ0v) is 21.1. The van der Waals surface area contributed by atoms with Gasteiger partial charge in [-0.1, -0.05) is 6.07 Å². The summed E-state index contributed by atoms with van der Waals surface area (Å²) in [7, 11) is -3.47. The monoisotopic (exact) mass is 543 g/mol. The van der Waals surface area contributed by atoms with Crippen LogP contribution in [0.3, 0.4) is 0 Å². The van der Waals surface area contributed by atoms with Gasteiger partial charge in [-0.15, -0.1) is 0 Å². The van der Waals surface area contributed by atoms with Gasteiger partial charge in [0, 0.05) is 40.0 Å². The Balaban J connectivity index is 1.52. The number of benzene rings is 3. The summed E-state index contributed by atoms with van der Waals surface area (Å²) >= 11 is 0. The predicted molar refractivity (Wildman–Crippen MR) is 144 cm³/mol. The van der Waals surface area contributed by atoms with Crippen molar-refractivity contribution in [3.8, 4) is 28.3 Å². The van der Waals surface area contributed by atoms with Crippen LogP contribution in [0.4, 0.5) is 20.2 Å². The standard InChI is InChI=1S/C28H19F2N5O3S/c1-39(37,38)35-21-5-2-16-11-27(34-26(16)13-21)28(36)33-23-9-18(17-3-6-22(14-31)32-15-17)8-19(10-23)24-7-4-20(29)12-25(24)30/h2-13,15,34-35H,1H3,(H,33,36). The number of pyridine rings is 1. The maximum absolute atomic E-state index is 14.7. The molecule has 0 unspecified atom stereocenters. The fourth-order valence-electron chi connectivity index (χ4n) is 4.10. The Hall–Kier alpha value is -5.08. The van der Waals surface area contributed by atoms with E-state index in [9.17, 15) is 22.0 Å². The summed E-state index contributed by atoms with van der Waals surface area (Å²) in [4.78, 5) is 20.2. The van der Waals surface area contributed by atoms with E-state index in [4.69, 9.17) is 5.26 Å². The summed E-state index contributed by atoms with van der Waals surface area (Å²) in [5.74, 6) is -1.98. The first kappa shape index (κ1) is 25.6.